The number of hydrogen-bond donors (Lipinski definition) is 2. The quantitative estimate of drug-likeness (QED) is 0.867. The predicted octanol–water partition coefficient (Wildman–Crippen LogP) is 1.84. The zero-order valence-electron chi connectivity index (χ0n) is 11.5. The summed E-state index contributed by atoms with van der Waals surface area (Å²) in [5.74, 6) is 0.122. The lowest BCUT2D eigenvalue weighted by molar-refractivity contribution is 0.0696. The number of aromatic carboxylic acids is 1. The van der Waals surface area contributed by atoms with Crippen LogP contribution >= 0.6 is 0 Å². The van der Waals surface area contributed by atoms with E-state index in [0.717, 1.165) is 25.2 Å². The van der Waals surface area contributed by atoms with Gasteiger partial charge in [-0.2, -0.15) is 0 Å². The Labute approximate surface area is 113 Å². The van der Waals surface area contributed by atoms with Crippen molar-refractivity contribution >= 4 is 11.8 Å². The van der Waals surface area contributed by atoms with Crippen LogP contribution in [0.2, 0.25) is 0 Å². The molecule has 1 fully saturated rings. The Morgan fingerprint density at radius 3 is 3.11 bits per heavy atom. The van der Waals surface area contributed by atoms with E-state index in [9.17, 15) is 9.90 Å². The fourth-order valence-corrected chi connectivity index (χ4v) is 2.64. The second kappa shape index (κ2) is 6.02. The predicted molar refractivity (Wildman–Crippen MR) is 74.6 cm³/mol. The molecule has 1 aliphatic rings. The van der Waals surface area contributed by atoms with Crippen LogP contribution in [-0.4, -0.2) is 47.6 Å². The van der Waals surface area contributed by atoms with Gasteiger partial charge in [-0.05, 0) is 50.9 Å². The van der Waals surface area contributed by atoms with Crippen LogP contribution in [0.25, 0.3) is 0 Å². The zero-order chi connectivity index (χ0) is 13.8. The molecule has 1 atom stereocenters. The molecule has 5 nitrogen and oxygen atoms in total. The molecule has 19 heavy (non-hydrogen) atoms. The molecule has 0 radical (unpaired) electrons. The maximum absolute atomic E-state index is 11.3. The summed E-state index contributed by atoms with van der Waals surface area (Å²) in [4.78, 5) is 17.7. The van der Waals surface area contributed by atoms with Crippen molar-refractivity contribution < 1.29 is 9.90 Å². The van der Waals surface area contributed by atoms with Crippen molar-refractivity contribution in [3.05, 3.63) is 23.4 Å². The first-order valence-electron chi connectivity index (χ1n) is 6.69. The minimum atomic E-state index is -0.922. The third kappa shape index (κ3) is 3.44. The normalized spacial score (nSPS) is 20.2. The first-order chi connectivity index (χ1) is 9.08. The minimum Gasteiger partial charge on any atom is -0.478 e. The lowest BCUT2D eigenvalue weighted by Gasteiger charge is -2.30. The molecule has 2 rings (SSSR count). The smallest absolute Gasteiger partial charge is 0.339 e. The minimum absolute atomic E-state index is 0.284. The highest BCUT2D eigenvalue weighted by Crippen LogP contribution is 2.19. The van der Waals surface area contributed by atoms with E-state index in [-0.39, 0.29) is 5.56 Å². The number of nitrogens with one attached hydrogen (secondary N) is 1. The number of nitrogens with zero attached hydrogens (tertiary/aromatic N) is 2. The Morgan fingerprint density at radius 2 is 2.42 bits per heavy atom. The van der Waals surface area contributed by atoms with Gasteiger partial charge in [0.05, 0.1) is 0 Å². The third-order valence-electron chi connectivity index (χ3n) is 3.65. The van der Waals surface area contributed by atoms with Crippen molar-refractivity contribution in [3.8, 4) is 0 Å². The van der Waals surface area contributed by atoms with Crippen LogP contribution in [-0.2, 0) is 0 Å². The number of anilines is 1. The SMILES string of the molecule is Cc1ccnc(NCC2CCCN(C)C2)c1C(=O)O. The van der Waals surface area contributed by atoms with E-state index in [1.807, 2.05) is 0 Å². The van der Waals surface area contributed by atoms with Crippen LogP contribution < -0.4 is 5.32 Å². The molecule has 5 heteroatoms. The number of aryl methyl sites for hydroxylation is 1. The monoisotopic (exact) mass is 263 g/mol. The number of hydrogen-bond acceptors (Lipinski definition) is 4. The van der Waals surface area contributed by atoms with E-state index in [1.165, 1.54) is 12.8 Å². The molecule has 1 unspecified atom stereocenters. The van der Waals surface area contributed by atoms with Gasteiger partial charge < -0.3 is 15.3 Å². The Hall–Kier alpha value is -1.62. The number of rotatable bonds is 4. The molecule has 0 saturated carbocycles. The van der Waals surface area contributed by atoms with Crippen molar-refractivity contribution in [1.82, 2.24) is 9.88 Å². The number of pyridine rings is 1. The van der Waals surface area contributed by atoms with Crippen molar-refractivity contribution in [1.29, 1.82) is 0 Å². The van der Waals surface area contributed by atoms with Crippen LogP contribution in [0.1, 0.15) is 28.8 Å². The molecular weight excluding hydrogens is 242 g/mol. The van der Waals surface area contributed by atoms with Crippen molar-refractivity contribution in [2.24, 2.45) is 5.92 Å². The lowest BCUT2D eigenvalue weighted by Crippen LogP contribution is -2.35. The molecule has 2 N–H and O–H groups in total. The third-order valence-corrected chi connectivity index (χ3v) is 3.65. The highest BCUT2D eigenvalue weighted by Gasteiger charge is 2.19. The molecule has 2 heterocycles. The van der Waals surface area contributed by atoms with Gasteiger partial charge in [-0.3, -0.25) is 0 Å². The van der Waals surface area contributed by atoms with Crippen LogP contribution in [0.5, 0.6) is 0 Å². The van der Waals surface area contributed by atoms with Crippen molar-refractivity contribution in [2.45, 2.75) is 19.8 Å². The summed E-state index contributed by atoms with van der Waals surface area (Å²) in [5.41, 5.74) is 1.03. The summed E-state index contributed by atoms with van der Waals surface area (Å²) < 4.78 is 0. The molecule has 1 aromatic rings. The molecule has 1 saturated heterocycles. The number of aromatic nitrogens is 1. The Balaban J connectivity index is 2.03. The maximum Gasteiger partial charge on any atom is 0.339 e. The van der Waals surface area contributed by atoms with Gasteiger partial charge in [0.1, 0.15) is 11.4 Å². The van der Waals surface area contributed by atoms with Crippen LogP contribution in [0.3, 0.4) is 0 Å². The standard InChI is InChI=1S/C14H21N3O2/c1-10-5-6-15-13(12(10)14(18)19)16-8-11-4-3-7-17(2)9-11/h5-6,11H,3-4,7-9H2,1-2H3,(H,15,16)(H,18,19). The summed E-state index contributed by atoms with van der Waals surface area (Å²) in [7, 11) is 2.12. The molecule has 0 aromatic carbocycles. The highest BCUT2D eigenvalue weighted by atomic mass is 16.4. The Morgan fingerprint density at radius 1 is 1.63 bits per heavy atom. The molecule has 0 bridgehead atoms. The summed E-state index contributed by atoms with van der Waals surface area (Å²) in [6.45, 7) is 4.78. The van der Waals surface area contributed by atoms with E-state index in [1.54, 1.807) is 19.2 Å². The lowest BCUT2D eigenvalue weighted by atomic mass is 9.98. The number of piperidine rings is 1. The van der Waals surface area contributed by atoms with Crippen LogP contribution in [0.15, 0.2) is 12.3 Å². The average molecular weight is 263 g/mol. The summed E-state index contributed by atoms with van der Waals surface area (Å²) in [5, 5.41) is 12.4. The van der Waals surface area contributed by atoms with E-state index < -0.39 is 5.97 Å². The molecular formula is C14H21N3O2. The molecule has 0 aliphatic carbocycles. The number of carboxylic acid groups (broad SMARTS) is 1. The molecule has 1 aromatic heterocycles. The molecule has 1 aliphatic heterocycles. The van der Waals surface area contributed by atoms with E-state index >= 15 is 0 Å². The van der Waals surface area contributed by atoms with Gasteiger partial charge in [-0.25, -0.2) is 9.78 Å². The zero-order valence-corrected chi connectivity index (χ0v) is 11.5. The van der Waals surface area contributed by atoms with Gasteiger partial charge in [0, 0.05) is 19.3 Å². The van der Waals surface area contributed by atoms with Gasteiger partial charge in [-0.15, -0.1) is 0 Å². The fourth-order valence-electron chi connectivity index (χ4n) is 2.64. The fraction of sp³-hybridized carbons (Fsp3) is 0.571. The first-order valence-corrected chi connectivity index (χ1v) is 6.69. The van der Waals surface area contributed by atoms with E-state index in [2.05, 4.69) is 22.2 Å². The van der Waals surface area contributed by atoms with Gasteiger partial charge in [0.2, 0.25) is 0 Å². The first kappa shape index (κ1) is 13.8. The average Bonchev–Trinajstić information content (AvgIpc) is 2.36. The highest BCUT2D eigenvalue weighted by molar-refractivity contribution is 5.94. The number of carbonyl (C=O) groups is 1. The maximum atomic E-state index is 11.3. The van der Waals surface area contributed by atoms with Crippen LogP contribution in [0.4, 0.5) is 5.82 Å². The largest absolute Gasteiger partial charge is 0.478 e. The van der Waals surface area contributed by atoms with E-state index in [0.29, 0.717) is 11.7 Å². The summed E-state index contributed by atoms with van der Waals surface area (Å²) in [6, 6.07) is 1.73. The van der Waals surface area contributed by atoms with Gasteiger partial charge in [0.15, 0.2) is 0 Å². The van der Waals surface area contributed by atoms with Crippen molar-refractivity contribution in [2.75, 3.05) is 32.0 Å². The topological polar surface area (TPSA) is 65.5 Å². The van der Waals surface area contributed by atoms with Gasteiger partial charge in [-0.1, -0.05) is 0 Å². The van der Waals surface area contributed by atoms with Crippen molar-refractivity contribution in [3.63, 3.8) is 0 Å². The molecule has 0 spiro atoms. The molecule has 104 valence electrons. The van der Waals surface area contributed by atoms with E-state index in [4.69, 9.17) is 0 Å². The Kier molecular flexibility index (Phi) is 4.37. The second-order valence-corrected chi connectivity index (χ2v) is 5.31. The van der Waals surface area contributed by atoms with Crippen LogP contribution in [0, 0.1) is 12.8 Å². The Bertz CT molecular complexity index is 462. The number of likely N-dealkylation sites (tertiary alicyclic amines) is 1. The summed E-state index contributed by atoms with van der Waals surface area (Å²) in [6.07, 6.45) is 4.04. The van der Waals surface area contributed by atoms with Gasteiger partial charge in [0.25, 0.3) is 0 Å². The van der Waals surface area contributed by atoms with Gasteiger partial charge >= 0.3 is 5.97 Å². The number of carboxylic acids is 1. The summed E-state index contributed by atoms with van der Waals surface area (Å²) >= 11 is 0. The molecule has 0 amide bonds. The second-order valence-electron chi connectivity index (χ2n) is 5.31.